The first-order valence-corrected chi connectivity index (χ1v) is 10.0. The largest absolute Gasteiger partial charge is 0.477 e. The standard InChI is InChI=1S/C20H33N5O2.HI/c1-3-5-12-27-19-17(9-6-10-23-19)14-24-20(22-4-2)25-11-7-8-16(15-25)13-18(21)26;/h6,9-10,16H,3-5,7-8,11-15H2,1-2H3,(H2,21,26)(H,22,24);1H. The number of primary amides is 1. The van der Waals surface area contributed by atoms with E-state index in [0.29, 0.717) is 31.4 Å². The molecule has 1 aromatic rings. The van der Waals surface area contributed by atoms with Gasteiger partial charge in [0.1, 0.15) is 0 Å². The fourth-order valence-corrected chi connectivity index (χ4v) is 3.28. The lowest BCUT2D eigenvalue weighted by atomic mass is 9.95. The zero-order chi connectivity index (χ0) is 19.5. The molecule has 1 aromatic heterocycles. The van der Waals surface area contributed by atoms with Crippen LogP contribution in [0.3, 0.4) is 0 Å². The zero-order valence-corrected chi connectivity index (χ0v) is 19.4. The first-order chi connectivity index (χ1) is 13.1. The second kappa shape index (κ2) is 13.6. The minimum Gasteiger partial charge on any atom is -0.477 e. The monoisotopic (exact) mass is 503 g/mol. The molecule has 0 bridgehead atoms. The lowest BCUT2D eigenvalue weighted by molar-refractivity contribution is -0.119. The number of nitrogens with two attached hydrogens (primary N) is 1. The van der Waals surface area contributed by atoms with E-state index in [1.54, 1.807) is 6.20 Å². The molecular weight excluding hydrogens is 469 g/mol. The number of likely N-dealkylation sites (tertiary alicyclic amines) is 1. The van der Waals surface area contributed by atoms with E-state index in [4.69, 9.17) is 15.5 Å². The molecule has 1 aliphatic rings. The highest BCUT2D eigenvalue weighted by atomic mass is 127. The molecular formula is C20H34IN5O2. The number of amides is 1. The molecule has 0 aromatic carbocycles. The summed E-state index contributed by atoms with van der Waals surface area (Å²) in [5.41, 5.74) is 6.36. The minimum atomic E-state index is -0.229. The Kier molecular flexibility index (Phi) is 11.9. The highest BCUT2D eigenvalue weighted by Crippen LogP contribution is 2.20. The van der Waals surface area contributed by atoms with Crippen LogP contribution in [0, 0.1) is 5.92 Å². The maximum atomic E-state index is 11.3. The lowest BCUT2D eigenvalue weighted by Gasteiger charge is -2.34. The normalized spacial score (nSPS) is 17.0. The number of nitrogens with one attached hydrogen (secondary N) is 1. The van der Waals surface area contributed by atoms with E-state index < -0.39 is 0 Å². The van der Waals surface area contributed by atoms with Crippen molar-refractivity contribution in [2.24, 2.45) is 16.6 Å². The molecule has 28 heavy (non-hydrogen) atoms. The first kappa shape index (κ1) is 24.5. The van der Waals surface area contributed by atoms with Gasteiger partial charge in [0, 0.05) is 37.8 Å². The quantitative estimate of drug-likeness (QED) is 0.234. The fraction of sp³-hybridized carbons (Fsp3) is 0.650. The molecule has 0 aliphatic carbocycles. The fourth-order valence-electron chi connectivity index (χ4n) is 3.28. The Balaban J connectivity index is 0.00000392. The number of unbranched alkanes of at least 4 members (excludes halogenated alkanes) is 1. The topological polar surface area (TPSA) is 92.8 Å². The third-order valence-electron chi connectivity index (χ3n) is 4.63. The van der Waals surface area contributed by atoms with Gasteiger partial charge in [-0.1, -0.05) is 19.4 Å². The predicted octanol–water partition coefficient (Wildman–Crippen LogP) is 2.93. The van der Waals surface area contributed by atoms with Crippen LogP contribution in [-0.4, -0.2) is 48.0 Å². The predicted molar refractivity (Wildman–Crippen MR) is 123 cm³/mol. The van der Waals surface area contributed by atoms with Gasteiger partial charge < -0.3 is 20.7 Å². The molecule has 0 radical (unpaired) electrons. The number of rotatable bonds is 9. The van der Waals surface area contributed by atoms with Crippen molar-refractivity contribution in [1.29, 1.82) is 0 Å². The molecule has 2 rings (SSSR count). The summed E-state index contributed by atoms with van der Waals surface area (Å²) in [4.78, 5) is 22.7. The number of aliphatic imine (C=N–C) groups is 1. The van der Waals surface area contributed by atoms with Crippen molar-refractivity contribution in [2.45, 2.75) is 52.5 Å². The molecule has 158 valence electrons. The van der Waals surface area contributed by atoms with Crippen LogP contribution in [0.15, 0.2) is 23.3 Å². The SMILES string of the molecule is CCCCOc1ncccc1CN=C(NCC)N1CCCC(CC(N)=O)C1.I. The van der Waals surface area contributed by atoms with E-state index in [1.165, 1.54) is 0 Å². The first-order valence-electron chi connectivity index (χ1n) is 10.0. The number of carbonyl (C=O) groups excluding carboxylic acids is 1. The summed E-state index contributed by atoms with van der Waals surface area (Å²) in [6.07, 6.45) is 6.37. The molecule has 0 spiro atoms. The molecule has 2 heterocycles. The van der Waals surface area contributed by atoms with E-state index in [-0.39, 0.29) is 29.9 Å². The summed E-state index contributed by atoms with van der Waals surface area (Å²) >= 11 is 0. The van der Waals surface area contributed by atoms with Crippen LogP contribution >= 0.6 is 24.0 Å². The van der Waals surface area contributed by atoms with Crippen LogP contribution in [0.2, 0.25) is 0 Å². The summed E-state index contributed by atoms with van der Waals surface area (Å²) < 4.78 is 5.81. The van der Waals surface area contributed by atoms with Gasteiger partial charge >= 0.3 is 0 Å². The lowest BCUT2D eigenvalue weighted by Crippen LogP contribution is -2.47. The number of pyridine rings is 1. The number of aromatic nitrogens is 1. The van der Waals surface area contributed by atoms with Gasteiger partial charge in [0.2, 0.25) is 11.8 Å². The summed E-state index contributed by atoms with van der Waals surface area (Å²) in [7, 11) is 0. The maximum Gasteiger partial charge on any atom is 0.218 e. The Bertz CT molecular complexity index is 626. The molecule has 8 heteroatoms. The summed E-state index contributed by atoms with van der Waals surface area (Å²) in [6, 6.07) is 3.92. The number of ether oxygens (including phenoxy) is 1. The Morgan fingerprint density at radius 2 is 2.29 bits per heavy atom. The number of piperidine rings is 1. The molecule has 1 amide bonds. The van der Waals surface area contributed by atoms with E-state index in [2.05, 4.69) is 29.0 Å². The van der Waals surface area contributed by atoms with E-state index in [1.807, 2.05) is 12.1 Å². The second-order valence-corrected chi connectivity index (χ2v) is 6.96. The van der Waals surface area contributed by atoms with Crippen molar-refractivity contribution in [3.05, 3.63) is 23.9 Å². The number of guanidine groups is 1. The van der Waals surface area contributed by atoms with Gasteiger partial charge in [-0.05, 0) is 38.2 Å². The summed E-state index contributed by atoms with van der Waals surface area (Å²) in [5.74, 6) is 1.60. The Hall–Kier alpha value is -1.58. The van der Waals surface area contributed by atoms with Gasteiger partial charge in [-0.15, -0.1) is 24.0 Å². The molecule has 1 unspecified atom stereocenters. The van der Waals surface area contributed by atoms with Crippen molar-refractivity contribution in [3.8, 4) is 5.88 Å². The second-order valence-electron chi connectivity index (χ2n) is 6.96. The van der Waals surface area contributed by atoms with Gasteiger partial charge in [0.25, 0.3) is 0 Å². The van der Waals surface area contributed by atoms with Crippen molar-refractivity contribution in [1.82, 2.24) is 15.2 Å². The van der Waals surface area contributed by atoms with Gasteiger partial charge in [-0.3, -0.25) is 4.79 Å². The van der Waals surface area contributed by atoms with Crippen LogP contribution in [0.25, 0.3) is 0 Å². The highest BCUT2D eigenvalue weighted by molar-refractivity contribution is 14.0. The molecule has 3 N–H and O–H groups in total. The van der Waals surface area contributed by atoms with Gasteiger partial charge in [-0.25, -0.2) is 9.98 Å². The molecule has 1 fully saturated rings. The van der Waals surface area contributed by atoms with Crippen molar-refractivity contribution in [2.75, 3.05) is 26.2 Å². The Morgan fingerprint density at radius 3 is 3.00 bits per heavy atom. The number of halogens is 1. The number of nitrogens with zero attached hydrogens (tertiary/aromatic N) is 3. The maximum absolute atomic E-state index is 11.3. The van der Waals surface area contributed by atoms with Crippen LogP contribution in [0.5, 0.6) is 5.88 Å². The molecule has 1 aliphatic heterocycles. The highest BCUT2D eigenvalue weighted by Gasteiger charge is 2.23. The Labute approximate surface area is 185 Å². The third kappa shape index (κ3) is 8.20. The van der Waals surface area contributed by atoms with Gasteiger partial charge in [0.15, 0.2) is 5.96 Å². The van der Waals surface area contributed by atoms with E-state index >= 15 is 0 Å². The van der Waals surface area contributed by atoms with Crippen molar-refractivity contribution >= 4 is 35.8 Å². The molecule has 0 saturated carbocycles. The zero-order valence-electron chi connectivity index (χ0n) is 17.0. The Morgan fingerprint density at radius 1 is 1.46 bits per heavy atom. The summed E-state index contributed by atoms with van der Waals surface area (Å²) in [6.45, 7) is 7.92. The van der Waals surface area contributed by atoms with Crippen LogP contribution in [-0.2, 0) is 11.3 Å². The number of hydrogen-bond acceptors (Lipinski definition) is 4. The van der Waals surface area contributed by atoms with E-state index in [9.17, 15) is 4.79 Å². The molecule has 1 atom stereocenters. The van der Waals surface area contributed by atoms with E-state index in [0.717, 1.165) is 56.8 Å². The van der Waals surface area contributed by atoms with Crippen molar-refractivity contribution in [3.63, 3.8) is 0 Å². The molecule has 1 saturated heterocycles. The summed E-state index contributed by atoms with van der Waals surface area (Å²) in [5, 5.41) is 3.37. The smallest absolute Gasteiger partial charge is 0.218 e. The minimum absolute atomic E-state index is 0. The van der Waals surface area contributed by atoms with Crippen LogP contribution < -0.4 is 15.8 Å². The van der Waals surface area contributed by atoms with Crippen molar-refractivity contribution < 1.29 is 9.53 Å². The average Bonchev–Trinajstić information content (AvgIpc) is 2.66. The van der Waals surface area contributed by atoms with Gasteiger partial charge in [0.05, 0.1) is 13.2 Å². The number of hydrogen-bond donors (Lipinski definition) is 2. The number of carbonyl (C=O) groups is 1. The van der Waals surface area contributed by atoms with Crippen LogP contribution in [0.1, 0.15) is 51.5 Å². The van der Waals surface area contributed by atoms with Crippen LogP contribution in [0.4, 0.5) is 0 Å². The molecule has 7 nitrogen and oxygen atoms in total. The van der Waals surface area contributed by atoms with Gasteiger partial charge in [-0.2, -0.15) is 0 Å². The third-order valence-corrected chi connectivity index (χ3v) is 4.63. The average molecular weight is 503 g/mol.